The third kappa shape index (κ3) is 5.28. The molecule has 0 saturated heterocycles. The second-order valence-electron chi connectivity index (χ2n) is 4.27. The number of thiol groups is 1. The van der Waals surface area contributed by atoms with Crippen molar-refractivity contribution >= 4 is 24.4 Å². The molecule has 0 aliphatic rings. The van der Waals surface area contributed by atoms with Crippen LogP contribution in [0, 0.1) is 0 Å². The highest BCUT2D eigenvalue weighted by atomic mass is 32.2. The summed E-state index contributed by atoms with van der Waals surface area (Å²) in [6.07, 6.45) is 0. The Hall–Kier alpha value is -0.120. The molecule has 0 N–H and O–H groups in total. The van der Waals surface area contributed by atoms with E-state index in [4.69, 9.17) is 0 Å². The van der Waals surface area contributed by atoms with Gasteiger partial charge in [-0.15, -0.1) is 11.8 Å². The molecule has 90 valence electrons. The molecule has 0 unspecified atom stereocenters. The van der Waals surface area contributed by atoms with E-state index in [0.29, 0.717) is 5.25 Å². The van der Waals surface area contributed by atoms with Gasteiger partial charge < -0.3 is 4.90 Å². The van der Waals surface area contributed by atoms with Gasteiger partial charge in [0.05, 0.1) is 0 Å². The van der Waals surface area contributed by atoms with E-state index in [1.54, 1.807) is 0 Å². The standard InChI is InChI=1S/C13H21NS2/c1-11(2)16-13-6-4-12(5-7-13)10-14(3)8-9-15/h4-7,11,15H,8-10H2,1-3H3. The quantitative estimate of drug-likeness (QED) is 0.612. The van der Waals surface area contributed by atoms with Crippen LogP contribution in [0.4, 0.5) is 0 Å². The Labute approximate surface area is 109 Å². The molecule has 0 fully saturated rings. The predicted molar refractivity (Wildman–Crippen MR) is 77.6 cm³/mol. The van der Waals surface area contributed by atoms with Gasteiger partial charge in [0.2, 0.25) is 0 Å². The number of benzene rings is 1. The van der Waals surface area contributed by atoms with Crippen molar-refractivity contribution in [3.8, 4) is 0 Å². The topological polar surface area (TPSA) is 3.24 Å². The van der Waals surface area contributed by atoms with E-state index in [9.17, 15) is 0 Å². The first-order valence-corrected chi connectivity index (χ1v) is 7.18. The van der Waals surface area contributed by atoms with Gasteiger partial charge in [-0.25, -0.2) is 0 Å². The van der Waals surface area contributed by atoms with Gasteiger partial charge in [-0.1, -0.05) is 26.0 Å². The van der Waals surface area contributed by atoms with Crippen molar-refractivity contribution in [2.75, 3.05) is 19.3 Å². The second kappa shape index (κ2) is 7.25. The number of hydrogen-bond donors (Lipinski definition) is 1. The number of thioether (sulfide) groups is 1. The van der Waals surface area contributed by atoms with E-state index in [2.05, 4.69) is 62.7 Å². The molecule has 0 radical (unpaired) electrons. The molecule has 1 nitrogen and oxygen atoms in total. The Morgan fingerprint density at radius 1 is 1.25 bits per heavy atom. The largest absolute Gasteiger partial charge is 0.301 e. The van der Waals surface area contributed by atoms with Crippen LogP contribution in [-0.2, 0) is 6.54 Å². The average molecular weight is 255 g/mol. The summed E-state index contributed by atoms with van der Waals surface area (Å²) in [7, 11) is 2.13. The van der Waals surface area contributed by atoms with Gasteiger partial charge in [-0.05, 0) is 24.7 Å². The molecular weight excluding hydrogens is 234 g/mol. The molecule has 16 heavy (non-hydrogen) atoms. The lowest BCUT2D eigenvalue weighted by molar-refractivity contribution is 0.349. The van der Waals surface area contributed by atoms with Gasteiger partial charge in [-0.3, -0.25) is 0 Å². The van der Waals surface area contributed by atoms with Crippen molar-refractivity contribution in [1.29, 1.82) is 0 Å². The SMILES string of the molecule is CC(C)Sc1ccc(CN(C)CCS)cc1. The lowest BCUT2D eigenvalue weighted by Gasteiger charge is -2.15. The van der Waals surface area contributed by atoms with Gasteiger partial charge in [0, 0.05) is 29.0 Å². The van der Waals surface area contributed by atoms with Crippen molar-refractivity contribution in [3.63, 3.8) is 0 Å². The van der Waals surface area contributed by atoms with E-state index < -0.39 is 0 Å². The molecule has 0 amide bonds. The summed E-state index contributed by atoms with van der Waals surface area (Å²) >= 11 is 6.15. The van der Waals surface area contributed by atoms with Crippen LogP contribution in [0.25, 0.3) is 0 Å². The van der Waals surface area contributed by atoms with Crippen LogP contribution in [0.15, 0.2) is 29.2 Å². The lowest BCUT2D eigenvalue weighted by atomic mass is 10.2. The molecule has 1 aromatic rings. The molecule has 0 saturated carbocycles. The molecule has 0 spiro atoms. The maximum Gasteiger partial charge on any atom is 0.0231 e. The monoisotopic (exact) mass is 255 g/mol. The molecule has 0 aliphatic heterocycles. The maximum absolute atomic E-state index is 4.24. The second-order valence-corrected chi connectivity index (χ2v) is 6.37. The molecule has 3 heteroatoms. The van der Waals surface area contributed by atoms with Crippen LogP contribution in [0.2, 0.25) is 0 Å². The lowest BCUT2D eigenvalue weighted by Crippen LogP contribution is -2.19. The predicted octanol–water partition coefficient (Wildman–Crippen LogP) is 3.55. The fraction of sp³-hybridized carbons (Fsp3) is 0.538. The van der Waals surface area contributed by atoms with E-state index in [-0.39, 0.29) is 0 Å². The first-order valence-electron chi connectivity index (χ1n) is 5.67. The van der Waals surface area contributed by atoms with Crippen molar-refractivity contribution in [2.24, 2.45) is 0 Å². The highest BCUT2D eigenvalue weighted by Gasteiger charge is 2.01. The molecule has 0 bridgehead atoms. The summed E-state index contributed by atoms with van der Waals surface area (Å²) < 4.78 is 0. The minimum absolute atomic E-state index is 0.651. The van der Waals surface area contributed by atoms with E-state index >= 15 is 0 Å². The van der Waals surface area contributed by atoms with Crippen molar-refractivity contribution < 1.29 is 0 Å². The maximum atomic E-state index is 4.24. The first-order chi connectivity index (χ1) is 7.61. The van der Waals surface area contributed by atoms with Crippen LogP contribution in [-0.4, -0.2) is 29.5 Å². The molecular formula is C13H21NS2. The zero-order valence-electron chi connectivity index (χ0n) is 10.3. The van der Waals surface area contributed by atoms with Gasteiger partial charge >= 0.3 is 0 Å². The summed E-state index contributed by atoms with van der Waals surface area (Å²) in [5, 5.41) is 0.651. The van der Waals surface area contributed by atoms with E-state index in [1.165, 1.54) is 10.5 Å². The summed E-state index contributed by atoms with van der Waals surface area (Å²) in [4.78, 5) is 3.65. The zero-order chi connectivity index (χ0) is 12.0. The molecule has 0 atom stereocenters. The van der Waals surface area contributed by atoms with E-state index in [1.807, 2.05) is 11.8 Å². The normalized spacial score (nSPS) is 11.4. The Morgan fingerprint density at radius 2 is 1.88 bits per heavy atom. The third-order valence-corrected chi connectivity index (χ3v) is 3.45. The Morgan fingerprint density at radius 3 is 2.38 bits per heavy atom. The fourth-order valence-electron chi connectivity index (χ4n) is 1.51. The molecule has 0 aliphatic carbocycles. The van der Waals surface area contributed by atoms with Crippen molar-refractivity contribution in [1.82, 2.24) is 4.90 Å². The zero-order valence-corrected chi connectivity index (χ0v) is 12.0. The van der Waals surface area contributed by atoms with E-state index in [0.717, 1.165) is 18.8 Å². The number of hydrogen-bond acceptors (Lipinski definition) is 3. The van der Waals surface area contributed by atoms with Crippen molar-refractivity contribution in [3.05, 3.63) is 29.8 Å². The van der Waals surface area contributed by atoms with Gasteiger partial charge in [0.1, 0.15) is 0 Å². The Bertz CT molecular complexity index is 295. The van der Waals surface area contributed by atoms with Gasteiger partial charge in [0.25, 0.3) is 0 Å². The van der Waals surface area contributed by atoms with Gasteiger partial charge in [-0.2, -0.15) is 12.6 Å². The van der Waals surface area contributed by atoms with Crippen LogP contribution in [0.1, 0.15) is 19.4 Å². The average Bonchev–Trinajstić information content (AvgIpc) is 2.20. The van der Waals surface area contributed by atoms with Gasteiger partial charge in [0.15, 0.2) is 0 Å². The Kier molecular flexibility index (Phi) is 6.32. The number of nitrogens with zero attached hydrogens (tertiary/aromatic N) is 1. The minimum atomic E-state index is 0.651. The minimum Gasteiger partial charge on any atom is -0.301 e. The highest BCUT2D eigenvalue weighted by Crippen LogP contribution is 2.23. The summed E-state index contributed by atoms with van der Waals surface area (Å²) in [6.45, 7) is 6.48. The summed E-state index contributed by atoms with van der Waals surface area (Å²) in [5.41, 5.74) is 1.37. The molecule has 0 heterocycles. The summed E-state index contributed by atoms with van der Waals surface area (Å²) in [5.74, 6) is 0.914. The fourth-order valence-corrected chi connectivity index (χ4v) is 2.69. The summed E-state index contributed by atoms with van der Waals surface area (Å²) in [6, 6.07) is 8.88. The van der Waals surface area contributed by atoms with Crippen LogP contribution in [0.5, 0.6) is 0 Å². The molecule has 1 aromatic carbocycles. The van der Waals surface area contributed by atoms with Crippen LogP contribution >= 0.6 is 24.4 Å². The first kappa shape index (κ1) is 13.9. The molecule has 1 rings (SSSR count). The number of rotatable bonds is 6. The van der Waals surface area contributed by atoms with Crippen LogP contribution < -0.4 is 0 Å². The highest BCUT2D eigenvalue weighted by molar-refractivity contribution is 7.99. The van der Waals surface area contributed by atoms with Crippen LogP contribution in [0.3, 0.4) is 0 Å². The smallest absolute Gasteiger partial charge is 0.0231 e. The Balaban J connectivity index is 2.50. The third-order valence-electron chi connectivity index (χ3n) is 2.23. The molecule has 0 aromatic heterocycles. The van der Waals surface area contributed by atoms with Crippen molar-refractivity contribution in [2.45, 2.75) is 30.5 Å².